The summed E-state index contributed by atoms with van der Waals surface area (Å²) >= 11 is 0. The Labute approximate surface area is 137 Å². The summed E-state index contributed by atoms with van der Waals surface area (Å²) in [5, 5.41) is 0. The van der Waals surface area contributed by atoms with Crippen LogP contribution >= 0.6 is 0 Å². The van der Waals surface area contributed by atoms with Crippen LogP contribution in [-0.2, 0) is 21.2 Å². The van der Waals surface area contributed by atoms with Crippen LogP contribution in [0.1, 0.15) is 36.4 Å². The second kappa shape index (κ2) is 5.31. The van der Waals surface area contributed by atoms with E-state index >= 15 is 0 Å². The third-order valence-electron chi connectivity index (χ3n) is 5.63. The SMILES string of the molecule is CS(=O)(=O)N1CCCC2C(=O)N3CCc4ccccc4C3CC21. The topological polar surface area (TPSA) is 57.7 Å². The monoisotopic (exact) mass is 334 g/mol. The predicted molar refractivity (Wildman–Crippen MR) is 87.3 cm³/mol. The van der Waals surface area contributed by atoms with Crippen molar-refractivity contribution in [2.45, 2.75) is 37.8 Å². The van der Waals surface area contributed by atoms with E-state index in [9.17, 15) is 13.2 Å². The number of benzene rings is 1. The molecule has 0 aromatic heterocycles. The fourth-order valence-corrected chi connectivity index (χ4v) is 5.80. The molecule has 0 N–H and O–H groups in total. The highest BCUT2D eigenvalue weighted by molar-refractivity contribution is 7.88. The number of nitrogens with zero attached hydrogens (tertiary/aromatic N) is 2. The van der Waals surface area contributed by atoms with Gasteiger partial charge in [0.25, 0.3) is 0 Å². The molecule has 0 saturated carbocycles. The van der Waals surface area contributed by atoms with Crippen LogP contribution in [0.2, 0.25) is 0 Å². The van der Waals surface area contributed by atoms with Crippen LogP contribution in [0.3, 0.4) is 0 Å². The van der Waals surface area contributed by atoms with Gasteiger partial charge in [-0.3, -0.25) is 4.79 Å². The minimum absolute atomic E-state index is 0.0241. The zero-order chi connectivity index (χ0) is 16.2. The van der Waals surface area contributed by atoms with E-state index in [1.165, 1.54) is 17.4 Å². The average Bonchev–Trinajstić information content (AvgIpc) is 2.53. The van der Waals surface area contributed by atoms with Crippen LogP contribution in [0, 0.1) is 5.92 Å². The highest BCUT2D eigenvalue weighted by Gasteiger charge is 2.49. The number of carbonyl (C=O) groups excluding carboxylic acids is 1. The lowest BCUT2D eigenvalue weighted by Crippen LogP contribution is -2.59. The summed E-state index contributed by atoms with van der Waals surface area (Å²) in [5.41, 5.74) is 2.49. The Kier molecular flexibility index (Phi) is 3.50. The zero-order valence-corrected chi connectivity index (χ0v) is 14.1. The van der Waals surface area contributed by atoms with Crippen molar-refractivity contribution in [3.05, 3.63) is 35.4 Å². The molecule has 2 fully saturated rings. The Morgan fingerprint density at radius 1 is 1.17 bits per heavy atom. The summed E-state index contributed by atoms with van der Waals surface area (Å²) in [6, 6.07) is 8.10. The van der Waals surface area contributed by atoms with Gasteiger partial charge in [0.1, 0.15) is 0 Å². The van der Waals surface area contributed by atoms with Gasteiger partial charge in [-0.15, -0.1) is 0 Å². The Morgan fingerprint density at radius 3 is 2.74 bits per heavy atom. The Balaban J connectivity index is 1.74. The maximum atomic E-state index is 13.0. The molecule has 3 aliphatic rings. The summed E-state index contributed by atoms with van der Waals surface area (Å²) in [6.45, 7) is 1.30. The molecule has 1 aromatic rings. The molecule has 3 atom stereocenters. The maximum absolute atomic E-state index is 13.0. The lowest BCUT2D eigenvalue weighted by atomic mass is 9.77. The van der Waals surface area contributed by atoms with E-state index < -0.39 is 10.0 Å². The highest BCUT2D eigenvalue weighted by atomic mass is 32.2. The van der Waals surface area contributed by atoms with Crippen molar-refractivity contribution in [1.29, 1.82) is 0 Å². The first-order valence-corrected chi connectivity index (χ1v) is 10.2. The van der Waals surface area contributed by atoms with Gasteiger partial charge in [0.05, 0.1) is 18.2 Å². The first-order valence-electron chi connectivity index (χ1n) is 8.32. The van der Waals surface area contributed by atoms with E-state index in [-0.39, 0.29) is 23.9 Å². The van der Waals surface area contributed by atoms with Crippen LogP contribution in [-0.4, -0.2) is 48.9 Å². The van der Waals surface area contributed by atoms with Gasteiger partial charge in [-0.25, -0.2) is 8.42 Å². The fraction of sp³-hybridized carbons (Fsp3) is 0.588. The molecule has 3 unspecified atom stereocenters. The number of sulfonamides is 1. The number of piperidine rings is 2. The van der Waals surface area contributed by atoms with Crippen LogP contribution in [0.5, 0.6) is 0 Å². The quantitative estimate of drug-likeness (QED) is 0.783. The average molecular weight is 334 g/mol. The molecule has 6 heteroatoms. The van der Waals surface area contributed by atoms with E-state index in [2.05, 4.69) is 12.1 Å². The second-order valence-corrected chi connectivity index (χ2v) is 8.86. The first-order chi connectivity index (χ1) is 11.0. The van der Waals surface area contributed by atoms with E-state index in [0.717, 1.165) is 32.2 Å². The molecule has 0 aliphatic carbocycles. The van der Waals surface area contributed by atoms with Gasteiger partial charge in [0.15, 0.2) is 0 Å². The van der Waals surface area contributed by atoms with Crippen molar-refractivity contribution in [1.82, 2.24) is 9.21 Å². The van der Waals surface area contributed by atoms with Gasteiger partial charge in [-0.2, -0.15) is 4.31 Å². The van der Waals surface area contributed by atoms with Crippen LogP contribution in [0.15, 0.2) is 24.3 Å². The van der Waals surface area contributed by atoms with E-state index in [0.29, 0.717) is 6.54 Å². The van der Waals surface area contributed by atoms with Crippen molar-refractivity contribution in [2.24, 2.45) is 5.92 Å². The highest BCUT2D eigenvalue weighted by Crippen LogP contribution is 2.43. The first kappa shape index (κ1) is 15.1. The molecule has 4 rings (SSSR count). The minimum atomic E-state index is -3.27. The molecular weight excluding hydrogens is 312 g/mol. The normalized spacial score (nSPS) is 31.3. The molecule has 0 bridgehead atoms. The third-order valence-corrected chi connectivity index (χ3v) is 6.94. The minimum Gasteiger partial charge on any atom is -0.335 e. The molecule has 3 aliphatic heterocycles. The number of rotatable bonds is 1. The van der Waals surface area contributed by atoms with Crippen LogP contribution in [0.25, 0.3) is 0 Å². The molecule has 5 nitrogen and oxygen atoms in total. The van der Waals surface area contributed by atoms with Crippen LogP contribution in [0.4, 0.5) is 0 Å². The predicted octanol–water partition coefficient (Wildman–Crippen LogP) is 1.56. The van der Waals surface area contributed by atoms with E-state index in [4.69, 9.17) is 0 Å². The lowest BCUT2D eigenvalue weighted by molar-refractivity contribution is -0.147. The van der Waals surface area contributed by atoms with Crippen molar-refractivity contribution in [3.63, 3.8) is 0 Å². The number of fused-ring (bicyclic) bond motifs is 4. The Bertz CT molecular complexity index is 746. The largest absolute Gasteiger partial charge is 0.335 e. The number of hydrogen-bond acceptors (Lipinski definition) is 3. The number of amides is 1. The summed E-state index contributed by atoms with van der Waals surface area (Å²) in [7, 11) is -3.27. The van der Waals surface area contributed by atoms with Crippen molar-refractivity contribution < 1.29 is 13.2 Å². The van der Waals surface area contributed by atoms with Gasteiger partial charge in [-0.1, -0.05) is 24.3 Å². The molecular formula is C17H22N2O3S. The molecule has 124 valence electrons. The molecule has 1 amide bonds. The fourth-order valence-electron chi connectivity index (χ4n) is 4.62. The van der Waals surface area contributed by atoms with E-state index in [1.54, 1.807) is 4.31 Å². The van der Waals surface area contributed by atoms with Gasteiger partial charge < -0.3 is 4.90 Å². The van der Waals surface area contributed by atoms with Crippen LogP contribution < -0.4 is 0 Å². The van der Waals surface area contributed by atoms with Crippen molar-refractivity contribution in [2.75, 3.05) is 19.3 Å². The molecule has 3 heterocycles. The summed E-state index contributed by atoms with van der Waals surface area (Å²) in [5.74, 6) is -0.0194. The molecule has 1 aromatic carbocycles. The van der Waals surface area contributed by atoms with Gasteiger partial charge in [0.2, 0.25) is 15.9 Å². The molecule has 0 spiro atoms. The van der Waals surface area contributed by atoms with Gasteiger partial charge in [-0.05, 0) is 36.8 Å². The Hall–Kier alpha value is -1.40. The smallest absolute Gasteiger partial charge is 0.227 e. The van der Waals surface area contributed by atoms with Crippen molar-refractivity contribution in [3.8, 4) is 0 Å². The molecule has 0 radical (unpaired) electrons. The number of carbonyl (C=O) groups is 1. The van der Waals surface area contributed by atoms with Crippen molar-refractivity contribution >= 4 is 15.9 Å². The standard InChI is InChI=1S/C17H22N2O3S/c1-23(21,22)19-9-4-7-14-16(19)11-15-13-6-3-2-5-12(13)8-10-18(15)17(14)20/h2-3,5-6,14-16H,4,7-11H2,1H3. The third kappa shape index (κ3) is 2.39. The number of hydrogen-bond donors (Lipinski definition) is 0. The molecule has 2 saturated heterocycles. The summed E-state index contributed by atoms with van der Waals surface area (Å²) in [6.07, 6.45) is 4.46. The Morgan fingerprint density at radius 2 is 1.96 bits per heavy atom. The van der Waals surface area contributed by atoms with E-state index in [1.807, 2.05) is 17.0 Å². The molecule has 23 heavy (non-hydrogen) atoms. The lowest BCUT2D eigenvalue weighted by Gasteiger charge is -2.50. The zero-order valence-electron chi connectivity index (χ0n) is 13.3. The summed E-state index contributed by atoms with van der Waals surface area (Å²) in [4.78, 5) is 15.0. The second-order valence-electron chi connectivity index (χ2n) is 6.92. The van der Waals surface area contributed by atoms with Gasteiger partial charge >= 0.3 is 0 Å². The summed E-state index contributed by atoms with van der Waals surface area (Å²) < 4.78 is 25.9. The maximum Gasteiger partial charge on any atom is 0.227 e. The van der Waals surface area contributed by atoms with Gasteiger partial charge in [0, 0.05) is 19.1 Å².